The van der Waals surface area contributed by atoms with Crippen LogP contribution in [0.15, 0.2) is 51.7 Å². The molecule has 0 amide bonds. The monoisotopic (exact) mass is 424 g/mol. The summed E-state index contributed by atoms with van der Waals surface area (Å²) in [6.45, 7) is 8.99. The van der Waals surface area contributed by atoms with E-state index in [9.17, 15) is 4.79 Å². The quantitative estimate of drug-likeness (QED) is 0.561. The van der Waals surface area contributed by atoms with Gasteiger partial charge in [0, 0.05) is 22.6 Å². The molecule has 31 heavy (non-hydrogen) atoms. The second kappa shape index (κ2) is 8.61. The fraction of sp³-hybridized carbons (Fsp3) is 0.375. The van der Waals surface area contributed by atoms with Gasteiger partial charge in [0.1, 0.15) is 50.6 Å². The summed E-state index contributed by atoms with van der Waals surface area (Å²) in [6, 6.07) is 13.5. The molecule has 1 aromatic heterocycles. The smallest absolute Gasteiger partial charge is 0.336 e. The topological polar surface area (TPSA) is 66.8 Å². The zero-order valence-corrected chi connectivity index (χ0v) is 17.7. The van der Waals surface area contributed by atoms with Crippen LogP contribution in [0.3, 0.4) is 0 Å². The normalized spacial score (nSPS) is 20.2. The molecule has 0 bridgehead atoms. The van der Waals surface area contributed by atoms with E-state index in [-0.39, 0.29) is 5.63 Å². The Morgan fingerprint density at radius 2 is 1.68 bits per heavy atom. The molecule has 7 nitrogen and oxygen atoms in total. The van der Waals surface area contributed by atoms with E-state index in [2.05, 4.69) is 12.1 Å². The Bertz CT molecular complexity index is 1130. The second-order valence-electron chi connectivity index (χ2n) is 8.22. The third-order valence-corrected chi connectivity index (χ3v) is 6.11. The molecule has 0 spiro atoms. The molecular formula is C24H28N2O5+2. The van der Waals surface area contributed by atoms with Crippen molar-refractivity contribution in [3.63, 3.8) is 0 Å². The molecule has 2 aliphatic rings. The second-order valence-corrected chi connectivity index (χ2v) is 8.22. The largest absolute Gasteiger partial charge is 0.494 e. The molecule has 2 N–H and O–H groups in total. The Morgan fingerprint density at radius 1 is 0.903 bits per heavy atom. The minimum Gasteiger partial charge on any atom is -0.494 e. The molecule has 0 radical (unpaired) electrons. The van der Waals surface area contributed by atoms with Crippen molar-refractivity contribution >= 4 is 11.0 Å². The highest BCUT2D eigenvalue weighted by Crippen LogP contribution is 2.32. The highest BCUT2D eigenvalue weighted by atomic mass is 16.7. The average Bonchev–Trinajstić information content (AvgIpc) is 3.24. The Labute approximate surface area is 180 Å². The van der Waals surface area contributed by atoms with Gasteiger partial charge in [0.05, 0.1) is 6.61 Å². The van der Waals surface area contributed by atoms with Crippen LogP contribution in [0.1, 0.15) is 18.1 Å². The van der Waals surface area contributed by atoms with Crippen LogP contribution in [0.5, 0.6) is 17.2 Å². The van der Waals surface area contributed by atoms with Crippen molar-refractivity contribution in [2.24, 2.45) is 0 Å². The molecule has 3 heterocycles. The Morgan fingerprint density at radius 3 is 2.48 bits per heavy atom. The summed E-state index contributed by atoms with van der Waals surface area (Å²) < 4.78 is 21.9. The molecule has 5 rings (SSSR count). The number of piperazine rings is 1. The van der Waals surface area contributed by atoms with Gasteiger partial charge < -0.3 is 28.4 Å². The predicted molar refractivity (Wildman–Crippen MR) is 115 cm³/mol. The number of quaternary nitrogens is 2. The van der Waals surface area contributed by atoms with Crippen molar-refractivity contribution in [3.8, 4) is 17.2 Å². The van der Waals surface area contributed by atoms with Gasteiger partial charge in [0.2, 0.25) is 6.79 Å². The van der Waals surface area contributed by atoms with Crippen LogP contribution in [0.2, 0.25) is 0 Å². The number of benzene rings is 2. The Hall–Kier alpha value is -3.03. The summed E-state index contributed by atoms with van der Waals surface area (Å²) >= 11 is 0. The lowest BCUT2D eigenvalue weighted by molar-refractivity contribution is -1.02. The highest BCUT2D eigenvalue weighted by Gasteiger charge is 2.25. The zero-order chi connectivity index (χ0) is 21.2. The van der Waals surface area contributed by atoms with Crippen LogP contribution in [0.25, 0.3) is 11.0 Å². The van der Waals surface area contributed by atoms with Gasteiger partial charge in [0.25, 0.3) is 0 Å². The van der Waals surface area contributed by atoms with Crippen LogP contribution in [0.4, 0.5) is 0 Å². The molecule has 0 saturated carbocycles. The SMILES string of the molecule is CCOc1ccc2oc(=O)cc(C[NH+]3CC[NH+](Cc4ccc5c(c4)OCO5)CC3)c2c1. The number of fused-ring (bicyclic) bond motifs is 2. The van der Waals surface area contributed by atoms with Crippen LogP contribution in [-0.2, 0) is 13.1 Å². The first-order chi connectivity index (χ1) is 15.2. The molecule has 2 aromatic carbocycles. The lowest BCUT2D eigenvalue weighted by Gasteiger charge is -2.30. The van der Waals surface area contributed by atoms with Gasteiger partial charge in [-0.25, -0.2) is 4.79 Å². The van der Waals surface area contributed by atoms with Crippen LogP contribution in [-0.4, -0.2) is 39.6 Å². The van der Waals surface area contributed by atoms with Gasteiger partial charge in [-0.2, -0.15) is 0 Å². The summed E-state index contributed by atoms with van der Waals surface area (Å²) in [6.07, 6.45) is 0. The molecule has 0 aliphatic carbocycles. The van der Waals surface area contributed by atoms with Crippen LogP contribution in [0, 0.1) is 0 Å². The van der Waals surface area contributed by atoms with Gasteiger partial charge in [0.15, 0.2) is 11.5 Å². The first-order valence-electron chi connectivity index (χ1n) is 10.9. The number of ether oxygens (including phenoxy) is 3. The van der Waals surface area contributed by atoms with Crippen molar-refractivity contribution in [1.29, 1.82) is 0 Å². The lowest BCUT2D eigenvalue weighted by atomic mass is 10.1. The van der Waals surface area contributed by atoms with E-state index >= 15 is 0 Å². The number of rotatable bonds is 6. The maximum atomic E-state index is 12.1. The summed E-state index contributed by atoms with van der Waals surface area (Å²) in [5.41, 5.74) is 2.63. The first kappa shape index (κ1) is 19.9. The first-order valence-corrected chi connectivity index (χ1v) is 10.9. The summed E-state index contributed by atoms with van der Waals surface area (Å²) in [7, 11) is 0. The molecule has 3 aromatic rings. The molecular weight excluding hydrogens is 396 g/mol. The third-order valence-electron chi connectivity index (χ3n) is 6.11. The number of hydrogen-bond donors (Lipinski definition) is 2. The average molecular weight is 424 g/mol. The number of nitrogens with one attached hydrogen (secondary N) is 2. The Kier molecular flexibility index (Phi) is 5.53. The molecule has 162 valence electrons. The minimum atomic E-state index is -0.293. The summed E-state index contributed by atoms with van der Waals surface area (Å²) in [5, 5.41) is 0.966. The molecule has 7 heteroatoms. The highest BCUT2D eigenvalue weighted by molar-refractivity contribution is 5.81. The maximum absolute atomic E-state index is 12.1. The predicted octanol–water partition coefficient (Wildman–Crippen LogP) is 0.404. The van der Waals surface area contributed by atoms with Gasteiger partial charge in [-0.3, -0.25) is 0 Å². The molecule has 0 unspecified atom stereocenters. The molecule has 0 atom stereocenters. The van der Waals surface area contributed by atoms with Crippen LogP contribution >= 0.6 is 0 Å². The molecule has 1 fully saturated rings. The standard InChI is InChI=1S/C24H26N2O5/c1-2-28-19-4-6-21-20(13-19)18(12-24(27)31-21)15-26-9-7-25(8-10-26)14-17-3-5-22-23(11-17)30-16-29-22/h3-6,11-13H,2,7-10,14-16H2,1H3/p+2. The summed E-state index contributed by atoms with van der Waals surface area (Å²) in [4.78, 5) is 15.1. The van der Waals surface area contributed by atoms with Crippen LogP contribution < -0.4 is 29.6 Å². The van der Waals surface area contributed by atoms with Crippen molar-refractivity contribution in [2.45, 2.75) is 20.0 Å². The number of hydrogen-bond acceptors (Lipinski definition) is 5. The minimum absolute atomic E-state index is 0.293. The maximum Gasteiger partial charge on any atom is 0.336 e. The lowest BCUT2D eigenvalue weighted by Crippen LogP contribution is -3.27. The van der Waals surface area contributed by atoms with E-state index in [0.717, 1.165) is 67.5 Å². The van der Waals surface area contributed by atoms with Crippen molar-refractivity contribution in [3.05, 3.63) is 64.0 Å². The zero-order valence-electron chi connectivity index (χ0n) is 17.7. The van der Waals surface area contributed by atoms with Crippen molar-refractivity contribution in [1.82, 2.24) is 0 Å². The van der Waals surface area contributed by atoms with Gasteiger partial charge in [-0.1, -0.05) is 0 Å². The van der Waals surface area contributed by atoms with Gasteiger partial charge in [-0.15, -0.1) is 0 Å². The fourth-order valence-electron chi connectivity index (χ4n) is 4.53. The van der Waals surface area contributed by atoms with E-state index in [0.29, 0.717) is 19.0 Å². The third kappa shape index (κ3) is 4.38. The van der Waals surface area contributed by atoms with E-state index in [4.69, 9.17) is 18.6 Å². The van der Waals surface area contributed by atoms with Gasteiger partial charge >= 0.3 is 5.63 Å². The molecule has 2 aliphatic heterocycles. The van der Waals surface area contributed by atoms with E-state index < -0.39 is 0 Å². The van der Waals surface area contributed by atoms with Gasteiger partial charge in [-0.05, 0) is 43.3 Å². The van der Waals surface area contributed by atoms with E-state index in [1.807, 2.05) is 31.2 Å². The summed E-state index contributed by atoms with van der Waals surface area (Å²) in [5.74, 6) is 2.49. The fourth-order valence-corrected chi connectivity index (χ4v) is 4.53. The molecule has 1 saturated heterocycles. The van der Waals surface area contributed by atoms with E-state index in [1.54, 1.807) is 11.0 Å². The van der Waals surface area contributed by atoms with Crippen molar-refractivity contribution in [2.75, 3.05) is 39.6 Å². The van der Waals surface area contributed by atoms with Crippen molar-refractivity contribution < 1.29 is 28.4 Å². The van der Waals surface area contributed by atoms with E-state index in [1.165, 1.54) is 10.5 Å². The Balaban J connectivity index is 1.24.